The molecule has 2 heterocycles. The third kappa shape index (κ3) is 2.90. The lowest BCUT2D eigenvalue weighted by molar-refractivity contribution is 0.415. The summed E-state index contributed by atoms with van der Waals surface area (Å²) in [6.45, 7) is 8.10. The molecule has 2 aromatic rings. The third-order valence-corrected chi connectivity index (χ3v) is 4.11. The van der Waals surface area contributed by atoms with E-state index in [1.807, 2.05) is 31.2 Å². The van der Waals surface area contributed by atoms with Crippen molar-refractivity contribution in [1.29, 1.82) is 0 Å². The minimum Gasteiger partial charge on any atom is -0.497 e. The van der Waals surface area contributed by atoms with Gasteiger partial charge in [-0.15, -0.1) is 0 Å². The van der Waals surface area contributed by atoms with Gasteiger partial charge < -0.3 is 15.0 Å². The Hall–Kier alpha value is -2.14. The molecule has 22 heavy (non-hydrogen) atoms. The Kier molecular flexibility index (Phi) is 4.24. The van der Waals surface area contributed by atoms with Gasteiger partial charge in [0.2, 0.25) is 0 Å². The molecule has 3 rings (SSSR count). The Morgan fingerprint density at radius 1 is 1.14 bits per heavy atom. The summed E-state index contributed by atoms with van der Waals surface area (Å²) in [5.41, 5.74) is 3.17. The van der Waals surface area contributed by atoms with Crippen molar-refractivity contribution >= 4 is 5.82 Å². The van der Waals surface area contributed by atoms with Crippen LogP contribution in [0.4, 0.5) is 5.82 Å². The molecule has 116 valence electrons. The SMILES string of the molecule is COc1cccc(-c2nc(C)c(C)c(N3CCNCC3)n2)c1. The molecule has 5 heteroatoms. The average Bonchev–Trinajstić information content (AvgIpc) is 2.58. The molecule has 0 saturated carbocycles. The number of aromatic nitrogens is 2. The average molecular weight is 298 g/mol. The second-order valence-electron chi connectivity index (χ2n) is 5.55. The van der Waals surface area contributed by atoms with Crippen molar-refractivity contribution in [2.45, 2.75) is 13.8 Å². The molecular weight excluding hydrogens is 276 g/mol. The van der Waals surface area contributed by atoms with Crippen molar-refractivity contribution in [2.75, 3.05) is 38.2 Å². The molecule has 1 aromatic carbocycles. The lowest BCUT2D eigenvalue weighted by Crippen LogP contribution is -2.44. The molecule has 1 aliphatic heterocycles. The predicted molar refractivity (Wildman–Crippen MR) is 88.6 cm³/mol. The first-order valence-electron chi connectivity index (χ1n) is 7.64. The van der Waals surface area contributed by atoms with Crippen LogP contribution in [0.25, 0.3) is 11.4 Å². The van der Waals surface area contributed by atoms with E-state index in [0.717, 1.165) is 60.4 Å². The fraction of sp³-hybridized carbons (Fsp3) is 0.412. The maximum atomic E-state index is 5.30. The number of nitrogens with zero attached hydrogens (tertiary/aromatic N) is 3. The van der Waals surface area contributed by atoms with E-state index in [9.17, 15) is 0 Å². The Morgan fingerprint density at radius 2 is 1.91 bits per heavy atom. The zero-order valence-corrected chi connectivity index (χ0v) is 13.4. The third-order valence-electron chi connectivity index (χ3n) is 4.11. The number of ether oxygens (including phenoxy) is 1. The second kappa shape index (κ2) is 6.32. The van der Waals surface area contributed by atoms with Gasteiger partial charge in [-0.1, -0.05) is 12.1 Å². The molecule has 5 nitrogen and oxygen atoms in total. The molecule has 0 spiro atoms. The number of methoxy groups -OCH3 is 1. The number of hydrogen-bond donors (Lipinski definition) is 1. The van der Waals surface area contributed by atoms with Crippen LogP contribution < -0.4 is 15.0 Å². The van der Waals surface area contributed by atoms with Crippen LogP contribution in [0.1, 0.15) is 11.3 Å². The summed E-state index contributed by atoms with van der Waals surface area (Å²) in [6, 6.07) is 7.90. The molecule has 0 aliphatic carbocycles. The summed E-state index contributed by atoms with van der Waals surface area (Å²) in [7, 11) is 1.67. The van der Waals surface area contributed by atoms with Crippen molar-refractivity contribution in [2.24, 2.45) is 0 Å². The maximum absolute atomic E-state index is 5.30. The van der Waals surface area contributed by atoms with E-state index in [1.54, 1.807) is 7.11 Å². The fourth-order valence-corrected chi connectivity index (χ4v) is 2.69. The molecule has 0 bridgehead atoms. The second-order valence-corrected chi connectivity index (χ2v) is 5.55. The number of anilines is 1. The van der Waals surface area contributed by atoms with Gasteiger partial charge in [0.15, 0.2) is 5.82 Å². The molecule has 1 aliphatic rings. The van der Waals surface area contributed by atoms with Gasteiger partial charge in [-0.25, -0.2) is 9.97 Å². The normalized spacial score (nSPS) is 15.0. The molecule has 1 aromatic heterocycles. The summed E-state index contributed by atoms with van der Waals surface area (Å²) in [6.07, 6.45) is 0. The van der Waals surface area contributed by atoms with Crippen molar-refractivity contribution in [3.8, 4) is 17.1 Å². The molecule has 1 N–H and O–H groups in total. The van der Waals surface area contributed by atoms with Crippen LogP contribution in [0.5, 0.6) is 5.75 Å². The first-order chi connectivity index (χ1) is 10.7. The molecule has 0 amide bonds. The van der Waals surface area contributed by atoms with Gasteiger partial charge in [-0.2, -0.15) is 0 Å². The summed E-state index contributed by atoms with van der Waals surface area (Å²) in [4.78, 5) is 11.8. The van der Waals surface area contributed by atoms with Crippen molar-refractivity contribution < 1.29 is 4.74 Å². The summed E-state index contributed by atoms with van der Waals surface area (Å²) < 4.78 is 5.30. The number of piperazine rings is 1. The maximum Gasteiger partial charge on any atom is 0.161 e. The highest BCUT2D eigenvalue weighted by Crippen LogP contribution is 2.26. The van der Waals surface area contributed by atoms with Gasteiger partial charge in [-0.05, 0) is 26.0 Å². The zero-order chi connectivity index (χ0) is 15.5. The summed E-state index contributed by atoms with van der Waals surface area (Å²) >= 11 is 0. The Labute approximate surface area is 131 Å². The van der Waals surface area contributed by atoms with E-state index < -0.39 is 0 Å². The Balaban J connectivity index is 2.03. The van der Waals surface area contributed by atoms with Crippen LogP contribution in [-0.4, -0.2) is 43.3 Å². The van der Waals surface area contributed by atoms with Gasteiger partial charge in [0.1, 0.15) is 11.6 Å². The number of rotatable bonds is 3. The lowest BCUT2D eigenvalue weighted by atomic mass is 10.1. The van der Waals surface area contributed by atoms with E-state index in [1.165, 1.54) is 0 Å². The largest absolute Gasteiger partial charge is 0.497 e. The van der Waals surface area contributed by atoms with Gasteiger partial charge in [0, 0.05) is 43.0 Å². The monoisotopic (exact) mass is 298 g/mol. The van der Waals surface area contributed by atoms with Gasteiger partial charge in [-0.3, -0.25) is 0 Å². The van der Waals surface area contributed by atoms with E-state index in [-0.39, 0.29) is 0 Å². The predicted octanol–water partition coefficient (Wildman–Crippen LogP) is 2.18. The minimum atomic E-state index is 0.760. The highest BCUT2D eigenvalue weighted by Gasteiger charge is 2.17. The van der Waals surface area contributed by atoms with Crippen LogP contribution in [0.2, 0.25) is 0 Å². The molecule has 1 saturated heterocycles. The molecule has 1 fully saturated rings. The zero-order valence-electron chi connectivity index (χ0n) is 13.4. The smallest absolute Gasteiger partial charge is 0.161 e. The van der Waals surface area contributed by atoms with E-state index in [0.29, 0.717) is 0 Å². The van der Waals surface area contributed by atoms with Crippen LogP contribution in [0.15, 0.2) is 24.3 Å². The van der Waals surface area contributed by atoms with Gasteiger partial charge in [0.05, 0.1) is 7.11 Å². The summed E-state index contributed by atoms with van der Waals surface area (Å²) in [5.74, 6) is 2.63. The van der Waals surface area contributed by atoms with Crippen LogP contribution >= 0.6 is 0 Å². The number of hydrogen-bond acceptors (Lipinski definition) is 5. The van der Waals surface area contributed by atoms with Crippen molar-refractivity contribution in [3.63, 3.8) is 0 Å². The van der Waals surface area contributed by atoms with Crippen LogP contribution in [0.3, 0.4) is 0 Å². The standard InChI is InChI=1S/C17H22N4O/c1-12-13(2)19-16(14-5-4-6-15(11-14)22-3)20-17(12)21-9-7-18-8-10-21/h4-6,11,18H,7-10H2,1-3H3. The lowest BCUT2D eigenvalue weighted by Gasteiger charge is -2.30. The fourth-order valence-electron chi connectivity index (χ4n) is 2.69. The van der Waals surface area contributed by atoms with E-state index in [2.05, 4.69) is 22.1 Å². The number of aryl methyl sites for hydroxylation is 1. The Morgan fingerprint density at radius 3 is 2.64 bits per heavy atom. The van der Waals surface area contributed by atoms with Crippen LogP contribution in [0, 0.1) is 13.8 Å². The topological polar surface area (TPSA) is 50.3 Å². The first kappa shape index (κ1) is 14.8. The van der Waals surface area contributed by atoms with E-state index >= 15 is 0 Å². The van der Waals surface area contributed by atoms with Crippen LogP contribution in [-0.2, 0) is 0 Å². The Bertz CT molecular complexity index is 666. The first-order valence-corrected chi connectivity index (χ1v) is 7.64. The molecule has 0 radical (unpaired) electrons. The van der Waals surface area contributed by atoms with Gasteiger partial charge >= 0.3 is 0 Å². The van der Waals surface area contributed by atoms with Crippen molar-refractivity contribution in [3.05, 3.63) is 35.5 Å². The highest BCUT2D eigenvalue weighted by atomic mass is 16.5. The molecule has 0 atom stereocenters. The molecule has 0 unspecified atom stereocenters. The highest BCUT2D eigenvalue weighted by molar-refractivity contribution is 5.62. The number of benzene rings is 1. The van der Waals surface area contributed by atoms with E-state index in [4.69, 9.17) is 9.72 Å². The van der Waals surface area contributed by atoms with Gasteiger partial charge in [0.25, 0.3) is 0 Å². The number of nitrogens with one attached hydrogen (secondary N) is 1. The summed E-state index contributed by atoms with van der Waals surface area (Å²) in [5, 5.41) is 3.38. The quantitative estimate of drug-likeness (QED) is 0.941. The molecular formula is C17H22N4O. The van der Waals surface area contributed by atoms with Crippen molar-refractivity contribution in [1.82, 2.24) is 15.3 Å². The minimum absolute atomic E-state index is 0.760.